The van der Waals surface area contributed by atoms with E-state index in [-0.39, 0.29) is 5.41 Å². The molecular formula is C16H30N2O. The van der Waals surface area contributed by atoms with Gasteiger partial charge in [0.15, 0.2) is 0 Å². The van der Waals surface area contributed by atoms with Crippen LogP contribution in [0.5, 0.6) is 0 Å². The third kappa shape index (κ3) is 3.50. The molecule has 2 heterocycles. The second kappa shape index (κ2) is 6.25. The van der Waals surface area contributed by atoms with Crippen LogP contribution in [0, 0.1) is 17.3 Å². The lowest BCUT2D eigenvalue weighted by Crippen LogP contribution is -2.49. The Morgan fingerprint density at radius 2 is 1.95 bits per heavy atom. The van der Waals surface area contributed by atoms with Gasteiger partial charge in [-0.1, -0.05) is 20.8 Å². The van der Waals surface area contributed by atoms with Gasteiger partial charge >= 0.3 is 0 Å². The normalized spacial score (nSPS) is 29.9. The Hall–Kier alpha value is -0.570. The van der Waals surface area contributed by atoms with Crippen LogP contribution in [-0.4, -0.2) is 37.0 Å². The van der Waals surface area contributed by atoms with Crippen molar-refractivity contribution >= 4 is 5.91 Å². The highest BCUT2D eigenvalue weighted by molar-refractivity contribution is 5.82. The van der Waals surface area contributed by atoms with Crippen molar-refractivity contribution in [3.63, 3.8) is 0 Å². The minimum atomic E-state index is -0.207. The van der Waals surface area contributed by atoms with Crippen molar-refractivity contribution in [2.24, 2.45) is 17.3 Å². The number of nitrogens with one attached hydrogen (secondary N) is 1. The number of hydrogen-bond donors (Lipinski definition) is 1. The molecule has 0 saturated carbocycles. The molecule has 19 heavy (non-hydrogen) atoms. The molecule has 0 bridgehead atoms. The maximum Gasteiger partial charge on any atom is 0.228 e. The van der Waals surface area contributed by atoms with E-state index < -0.39 is 0 Å². The SMILES string of the molecule is CC1CCCN(C(=O)C(C)(C)C2CCCNC2)CC1. The van der Waals surface area contributed by atoms with Gasteiger partial charge < -0.3 is 10.2 Å². The van der Waals surface area contributed by atoms with Gasteiger partial charge in [-0.3, -0.25) is 4.79 Å². The second-order valence-electron chi connectivity index (χ2n) is 7.09. The molecule has 0 aromatic heterocycles. The maximum atomic E-state index is 12.9. The standard InChI is InChI=1S/C16H30N2O/c1-13-6-5-10-18(11-8-13)15(19)16(2,3)14-7-4-9-17-12-14/h13-14,17H,4-12H2,1-3H3. The van der Waals surface area contributed by atoms with Crippen LogP contribution in [0.25, 0.3) is 0 Å². The fourth-order valence-corrected chi connectivity index (χ4v) is 3.52. The third-order valence-corrected chi connectivity index (χ3v) is 5.17. The molecule has 2 fully saturated rings. The molecule has 1 amide bonds. The van der Waals surface area contributed by atoms with Crippen molar-refractivity contribution in [3.8, 4) is 0 Å². The number of rotatable bonds is 2. The van der Waals surface area contributed by atoms with Crippen LogP contribution in [0.3, 0.4) is 0 Å². The molecule has 2 unspecified atom stereocenters. The first kappa shape index (κ1) is 14.8. The quantitative estimate of drug-likeness (QED) is 0.833. The van der Waals surface area contributed by atoms with E-state index in [1.165, 1.54) is 32.1 Å². The number of carbonyl (C=O) groups excluding carboxylic acids is 1. The highest BCUT2D eigenvalue weighted by Crippen LogP contribution is 2.34. The van der Waals surface area contributed by atoms with Crippen LogP contribution in [0.1, 0.15) is 52.9 Å². The van der Waals surface area contributed by atoms with Crippen LogP contribution >= 0.6 is 0 Å². The van der Waals surface area contributed by atoms with E-state index >= 15 is 0 Å². The smallest absolute Gasteiger partial charge is 0.228 e. The van der Waals surface area contributed by atoms with Gasteiger partial charge in [0.2, 0.25) is 5.91 Å². The van der Waals surface area contributed by atoms with Crippen molar-refractivity contribution in [1.82, 2.24) is 10.2 Å². The number of likely N-dealkylation sites (tertiary alicyclic amines) is 1. The molecule has 2 saturated heterocycles. The minimum Gasteiger partial charge on any atom is -0.342 e. The van der Waals surface area contributed by atoms with Crippen molar-refractivity contribution < 1.29 is 4.79 Å². The molecule has 3 nitrogen and oxygen atoms in total. The fourth-order valence-electron chi connectivity index (χ4n) is 3.52. The summed E-state index contributed by atoms with van der Waals surface area (Å²) in [4.78, 5) is 15.0. The lowest BCUT2D eigenvalue weighted by Gasteiger charge is -2.39. The molecule has 2 atom stereocenters. The Balaban J connectivity index is 1.99. The average Bonchev–Trinajstić information content (AvgIpc) is 2.63. The summed E-state index contributed by atoms with van der Waals surface area (Å²) in [7, 11) is 0. The van der Waals surface area contributed by atoms with Crippen LogP contribution < -0.4 is 5.32 Å². The molecular weight excluding hydrogens is 236 g/mol. The molecule has 0 aliphatic carbocycles. The summed E-state index contributed by atoms with van der Waals surface area (Å²) in [6.07, 6.45) is 6.01. The zero-order valence-corrected chi connectivity index (χ0v) is 12.9. The number of amides is 1. The number of piperidine rings is 1. The third-order valence-electron chi connectivity index (χ3n) is 5.17. The Kier molecular flexibility index (Phi) is 4.88. The maximum absolute atomic E-state index is 12.9. The van der Waals surface area contributed by atoms with E-state index in [0.29, 0.717) is 11.8 Å². The first-order valence-electron chi connectivity index (χ1n) is 8.02. The molecule has 0 radical (unpaired) electrons. The fraction of sp³-hybridized carbons (Fsp3) is 0.938. The molecule has 110 valence electrons. The second-order valence-corrected chi connectivity index (χ2v) is 7.09. The zero-order valence-electron chi connectivity index (χ0n) is 12.9. The van der Waals surface area contributed by atoms with Crippen LogP contribution in [-0.2, 0) is 4.79 Å². The van der Waals surface area contributed by atoms with Crippen molar-refractivity contribution in [3.05, 3.63) is 0 Å². The van der Waals surface area contributed by atoms with Gasteiger partial charge in [-0.05, 0) is 57.0 Å². The van der Waals surface area contributed by atoms with Gasteiger partial charge in [0.25, 0.3) is 0 Å². The molecule has 2 rings (SSSR count). The van der Waals surface area contributed by atoms with Crippen molar-refractivity contribution in [1.29, 1.82) is 0 Å². The Bertz CT molecular complexity index is 308. The van der Waals surface area contributed by atoms with Gasteiger partial charge in [0.05, 0.1) is 0 Å². The predicted molar refractivity (Wildman–Crippen MR) is 79.0 cm³/mol. The molecule has 0 spiro atoms. The van der Waals surface area contributed by atoms with Gasteiger partial charge in [-0.25, -0.2) is 0 Å². The van der Waals surface area contributed by atoms with Crippen molar-refractivity contribution in [2.75, 3.05) is 26.2 Å². The average molecular weight is 266 g/mol. The molecule has 3 heteroatoms. The summed E-state index contributed by atoms with van der Waals surface area (Å²) in [5.74, 6) is 1.65. The van der Waals surface area contributed by atoms with E-state index in [1.807, 2.05) is 0 Å². The first-order chi connectivity index (χ1) is 9.01. The largest absolute Gasteiger partial charge is 0.342 e. The summed E-state index contributed by atoms with van der Waals surface area (Å²) >= 11 is 0. The van der Waals surface area contributed by atoms with E-state index in [4.69, 9.17) is 0 Å². The monoisotopic (exact) mass is 266 g/mol. The van der Waals surface area contributed by atoms with Gasteiger partial charge in [-0.15, -0.1) is 0 Å². The van der Waals surface area contributed by atoms with E-state index in [2.05, 4.69) is 31.0 Å². The van der Waals surface area contributed by atoms with E-state index in [9.17, 15) is 4.79 Å². The minimum absolute atomic E-state index is 0.207. The zero-order chi connectivity index (χ0) is 13.9. The highest BCUT2D eigenvalue weighted by atomic mass is 16.2. The summed E-state index contributed by atoms with van der Waals surface area (Å²) in [6.45, 7) is 10.7. The molecule has 2 aliphatic heterocycles. The topological polar surface area (TPSA) is 32.3 Å². The van der Waals surface area contributed by atoms with E-state index in [1.54, 1.807) is 0 Å². The summed E-state index contributed by atoms with van der Waals surface area (Å²) in [5.41, 5.74) is -0.207. The van der Waals surface area contributed by atoms with Gasteiger partial charge in [0, 0.05) is 18.5 Å². The lowest BCUT2D eigenvalue weighted by molar-refractivity contribution is -0.143. The Labute approximate surface area is 118 Å². The number of hydrogen-bond acceptors (Lipinski definition) is 2. The number of carbonyl (C=O) groups is 1. The molecule has 2 aliphatic rings. The van der Waals surface area contributed by atoms with E-state index in [0.717, 1.165) is 32.1 Å². The molecule has 1 N–H and O–H groups in total. The van der Waals surface area contributed by atoms with Gasteiger partial charge in [-0.2, -0.15) is 0 Å². The molecule has 0 aromatic rings. The Morgan fingerprint density at radius 1 is 1.16 bits per heavy atom. The van der Waals surface area contributed by atoms with Crippen molar-refractivity contribution in [2.45, 2.75) is 52.9 Å². The highest BCUT2D eigenvalue weighted by Gasteiger charge is 2.39. The Morgan fingerprint density at radius 3 is 2.63 bits per heavy atom. The molecule has 0 aromatic carbocycles. The summed E-state index contributed by atoms with van der Waals surface area (Å²) < 4.78 is 0. The van der Waals surface area contributed by atoms with Crippen LogP contribution in [0.4, 0.5) is 0 Å². The lowest BCUT2D eigenvalue weighted by atomic mass is 9.74. The van der Waals surface area contributed by atoms with Crippen LogP contribution in [0.15, 0.2) is 0 Å². The number of nitrogens with zero attached hydrogens (tertiary/aromatic N) is 1. The summed E-state index contributed by atoms with van der Waals surface area (Å²) in [5, 5.41) is 3.45. The predicted octanol–water partition coefficient (Wildman–Crippen LogP) is 2.66. The summed E-state index contributed by atoms with van der Waals surface area (Å²) in [6, 6.07) is 0. The van der Waals surface area contributed by atoms with Crippen LogP contribution in [0.2, 0.25) is 0 Å². The van der Waals surface area contributed by atoms with Gasteiger partial charge in [0.1, 0.15) is 0 Å². The first-order valence-corrected chi connectivity index (χ1v) is 8.02.